The van der Waals surface area contributed by atoms with Crippen LogP contribution in [0, 0.1) is 11.2 Å². The minimum absolute atomic E-state index is 0.122. The van der Waals surface area contributed by atoms with Crippen molar-refractivity contribution < 1.29 is 17.9 Å². The summed E-state index contributed by atoms with van der Waals surface area (Å²) in [6.07, 6.45) is 6.79. The van der Waals surface area contributed by atoms with Crippen molar-refractivity contribution >= 4 is 27.7 Å². The van der Waals surface area contributed by atoms with Crippen molar-refractivity contribution in [2.45, 2.75) is 30.3 Å². The van der Waals surface area contributed by atoms with Crippen molar-refractivity contribution in [1.29, 1.82) is 0 Å². The molecule has 1 aliphatic carbocycles. The summed E-state index contributed by atoms with van der Waals surface area (Å²) in [6, 6.07) is 9.20. The molecule has 6 rings (SSSR count). The Morgan fingerprint density at radius 3 is 2.65 bits per heavy atom. The van der Waals surface area contributed by atoms with E-state index in [0.29, 0.717) is 45.4 Å². The molecule has 0 spiro atoms. The fourth-order valence-electron chi connectivity index (χ4n) is 5.88. The Labute approximate surface area is 220 Å². The number of aliphatic hydroxyl groups excluding tert-OH is 1. The van der Waals surface area contributed by atoms with Crippen LogP contribution in [0.1, 0.15) is 24.1 Å². The first-order valence-electron chi connectivity index (χ1n) is 12.3. The number of β-amino-alcohol motifs (C(OH)–C–C–N with tert-alkyl or cyclic N) is 1. The van der Waals surface area contributed by atoms with E-state index in [4.69, 9.17) is 11.6 Å². The standard InChI is InChI=1S/C26H27ClFN5O3S/c27-25-6-5-23(14-29-25)37(35,36)32-10-7-19-11-24-18(13-30-33(24)21-3-1-20(28)2-4-21)12-26(19,17-32)16-31-9-8-22(34)15-31/h1-6,11,13-14,22,34H,7-10,12,15-17H2/t22-,26?/m0/s1. The maximum Gasteiger partial charge on any atom is 0.244 e. The molecule has 2 fully saturated rings. The Morgan fingerprint density at radius 2 is 1.95 bits per heavy atom. The van der Waals surface area contributed by atoms with E-state index in [1.165, 1.54) is 36.0 Å². The summed E-state index contributed by atoms with van der Waals surface area (Å²) in [5, 5.41) is 15.0. The molecular weight excluding hydrogens is 517 g/mol. The van der Waals surface area contributed by atoms with Gasteiger partial charge in [0, 0.05) is 44.3 Å². The molecule has 3 aromatic rings. The molecule has 0 radical (unpaired) electrons. The van der Waals surface area contributed by atoms with E-state index in [9.17, 15) is 17.9 Å². The van der Waals surface area contributed by atoms with E-state index < -0.39 is 15.4 Å². The van der Waals surface area contributed by atoms with Crippen molar-refractivity contribution in [3.8, 4) is 5.69 Å². The minimum Gasteiger partial charge on any atom is -0.392 e. The van der Waals surface area contributed by atoms with Gasteiger partial charge in [0.15, 0.2) is 0 Å². The van der Waals surface area contributed by atoms with E-state index in [2.05, 4.69) is 21.1 Å². The van der Waals surface area contributed by atoms with Crippen molar-refractivity contribution in [3.63, 3.8) is 0 Å². The molecule has 0 bridgehead atoms. The fraction of sp³-hybridized carbons (Fsp3) is 0.385. The maximum atomic E-state index is 13.6. The highest BCUT2D eigenvalue weighted by Crippen LogP contribution is 2.46. The molecule has 3 aliphatic rings. The number of likely N-dealkylation sites (tertiary alicyclic amines) is 1. The van der Waals surface area contributed by atoms with Crippen LogP contribution in [-0.2, 0) is 16.4 Å². The summed E-state index contributed by atoms with van der Waals surface area (Å²) < 4.78 is 44.1. The number of hydrogen-bond donors (Lipinski definition) is 1. The first-order valence-corrected chi connectivity index (χ1v) is 14.1. The summed E-state index contributed by atoms with van der Waals surface area (Å²) in [4.78, 5) is 6.33. The van der Waals surface area contributed by atoms with E-state index >= 15 is 0 Å². The highest BCUT2D eigenvalue weighted by atomic mass is 35.5. The van der Waals surface area contributed by atoms with Gasteiger partial charge in [-0.05, 0) is 67.3 Å². The predicted molar refractivity (Wildman–Crippen MR) is 137 cm³/mol. The van der Waals surface area contributed by atoms with Gasteiger partial charge < -0.3 is 5.11 Å². The van der Waals surface area contributed by atoms with E-state index in [1.807, 2.05) is 10.9 Å². The zero-order valence-corrected chi connectivity index (χ0v) is 21.7. The lowest BCUT2D eigenvalue weighted by Gasteiger charge is -2.47. The monoisotopic (exact) mass is 543 g/mol. The molecule has 2 atom stereocenters. The number of rotatable bonds is 5. The van der Waals surface area contributed by atoms with Crippen LogP contribution < -0.4 is 0 Å². The maximum absolute atomic E-state index is 13.6. The lowest BCUT2D eigenvalue weighted by atomic mass is 9.68. The average Bonchev–Trinajstić information content (AvgIpc) is 3.47. The molecule has 1 N–H and O–H groups in total. The van der Waals surface area contributed by atoms with Gasteiger partial charge in [-0.15, -0.1) is 0 Å². The van der Waals surface area contributed by atoms with Crippen LogP contribution in [0.4, 0.5) is 4.39 Å². The average molecular weight is 544 g/mol. The number of halogens is 2. The van der Waals surface area contributed by atoms with Gasteiger partial charge >= 0.3 is 0 Å². The highest BCUT2D eigenvalue weighted by molar-refractivity contribution is 7.89. The van der Waals surface area contributed by atoms with Crippen LogP contribution in [0.3, 0.4) is 0 Å². The molecule has 0 amide bonds. The molecule has 1 aromatic carbocycles. The third-order valence-corrected chi connectivity index (χ3v) is 9.75. The number of hydrogen-bond acceptors (Lipinski definition) is 6. The number of sulfonamides is 1. The first-order chi connectivity index (χ1) is 17.7. The number of pyridine rings is 1. The van der Waals surface area contributed by atoms with Gasteiger partial charge in [-0.25, -0.2) is 22.5 Å². The molecule has 2 aromatic heterocycles. The van der Waals surface area contributed by atoms with Crippen molar-refractivity contribution in [2.24, 2.45) is 5.41 Å². The zero-order valence-electron chi connectivity index (χ0n) is 20.1. The van der Waals surface area contributed by atoms with Gasteiger partial charge in [0.1, 0.15) is 15.9 Å². The third kappa shape index (κ3) is 4.51. The van der Waals surface area contributed by atoms with Crippen LogP contribution in [0.15, 0.2) is 59.3 Å². The predicted octanol–water partition coefficient (Wildman–Crippen LogP) is 3.15. The summed E-state index contributed by atoms with van der Waals surface area (Å²) in [5.41, 5.74) is 3.44. The molecule has 4 heterocycles. The Bertz CT molecular complexity index is 1460. The Balaban J connectivity index is 1.37. The van der Waals surface area contributed by atoms with Crippen molar-refractivity contribution in [2.75, 3.05) is 32.7 Å². The summed E-state index contributed by atoms with van der Waals surface area (Å²) in [5.74, 6) is -0.306. The lowest BCUT2D eigenvalue weighted by molar-refractivity contribution is 0.126. The number of piperidine rings is 1. The minimum atomic E-state index is -3.77. The van der Waals surface area contributed by atoms with Crippen LogP contribution in [0.25, 0.3) is 11.8 Å². The molecule has 8 nitrogen and oxygen atoms in total. The molecule has 2 aliphatic heterocycles. The van der Waals surface area contributed by atoms with Crippen molar-refractivity contribution in [3.05, 3.63) is 76.6 Å². The fourth-order valence-corrected chi connectivity index (χ4v) is 7.47. The Kier molecular flexibility index (Phi) is 6.20. The van der Waals surface area contributed by atoms with Crippen LogP contribution in [-0.4, -0.2) is 76.3 Å². The van der Waals surface area contributed by atoms with Gasteiger partial charge in [-0.1, -0.05) is 17.2 Å². The number of nitrogens with zero attached hydrogens (tertiary/aromatic N) is 5. The molecule has 2 saturated heterocycles. The quantitative estimate of drug-likeness (QED) is 0.497. The molecule has 194 valence electrons. The van der Waals surface area contributed by atoms with Gasteiger partial charge in [0.25, 0.3) is 0 Å². The molecular formula is C26H27ClFN5O3S. The normalized spacial score (nSPS) is 24.5. The zero-order chi connectivity index (χ0) is 25.8. The largest absolute Gasteiger partial charge is 0.392 e. The number of aromatic nitrogens is 3. The second kappa shape index (κ2) is 9.28. The molecule has 1 unspecified atom stereocenters. The summed E-state index contributed by atoms with van der Waals surface area (Å²) in [6.45, 7) is 2.65. The van der Waals surface area contributed by atoms with E-state index in [0.717, 1.165) is 23.5 Å². The number of aliphatic hydroxyl groups is 1. The lowest BCUT2D eigenvalue weighted by Crippen LogP contribution is -2.53. The second-order valence-corrected chi connectivity index (χ2v) is 12.5. The third-order valence-electron chi connectivity index (χ3n) is 7.70. The molecule has 37 heavy (non-hydrogen) atoms. The van der Waals surface area contributed by atoms with Gasteiger partial charge in [-0.3, -0.25) is 4.90 Å². The van der Waals surface area contributed by atoms with Crippen molar-refractivity contribution in [1.82, 2.24) is 24.0 Å². The summed E-state index contributed by atoms with van der Waals surface area (Å²) in [7, 11) is -3.77. The molecule has 0 saturated carbocycles. The van der Waals surface area contributed by atoms with Gasteiger partial charge in [0.05, 0.1) is 23.7 Å². The summed E-state index contributed by atoms with van der Waals surface area (Å²) >= 11 is 5.89. The van der Waals surface area contributed by atoms with Gasteiger partial charge in [0.2, 0.25) is 10.0 Å². The van der Waals surface area contributed by atoms with E-state index in [1.54, 1.807) is 16.4 Å². The Morgan fingerprint density at radius 1 is 1.14 bits per heavy atom. The molecule has 11 heteroatoms. The smallest absolute Gasteiger partial charge is 0.244 e. The van der Waals surface area contributed by atoms with Crippen LogP contribution in [0.2, 0.25) is 5.15 Å². The second-order valence-electron chi connectivity index (χ2n) is 10.2. The first kappa shape index (κ1) is 24.7. The van der Waals surface area contributed by atoms with Crippen LogP contribution >= 0.6 is 11.6 Å². The van der Waals surface area contributed by atoms with E-state index in [-0.39, 0.29) is 22.0 Å². The van der Waals surface area contributed by atoms with Gasteiger partial charge in [-0.2, -0.15) is 9.40 Å². The van der Waals surface area contributed by atoms with Crippen LogP contribution in [0.5, 0.6) is 0 Å². The topological polar surface area (TPSA) is 91.6 Å². The highest BCUT2D eigenvalue weighted by Gasteiger charge is 2.47. The number of benzene rings is 1. The number of fused-ring (bicyclic) bond motifs is 2. The Hall–Kier alpha value is -2.63. The SMILES string of the molecule is O=S(=O)(c1ccc(Cl)nc1)N1CCC2=Cc3c(cnn3-c3ccc(F)cc3)CC2(CN2CC[C@H](O)C2)C1.